The molecule has 2 aromatic rings. The van der Waals surface area contributed by atoms with E-state index in [0.717, 1.165) is 5.56 Å². The fraction of sp³-hybridized carbons (Fsp3) is 0.529. The molecule has 0 bridgehead atoms. The third kappa shape index (κ3) is 5.14. The molecule has 1 aliphatic rings. The lowest BCUT2D eigenvalue weighted by molar-refractivity contribution is -0.122. The van der Waals surface area contributed by atoms with Gasteiger partial charge in [0.15, 0.2) is 5.69 Å². The number of carbonyl (C=O) groups is 2. The lowest BCUT2D eigenvalue weighted by Crippen LogP contribution is -2.51. The molecule has 0 radical (unpaired) electrons. The van der Waals surface area contributed by atoms with Gasteiger partial charge in [-0.3, -0.25) is 14.3 Å². The summed E-state index contributed by atoms with van der Waals surface area (Å²) in [6.07, 6.45) is 3.59. The van der Waals surface area contributed by atoms with Gasteiger partial charge in [0, 0.05) is 38.0 Å². The monoisotopic (exact) mass is 379 g/mol. The van der Waals surface area contributed by atoms with E-state index < -0.39 is 0 Å². The highest BCUT2D eigenvalue weighted by atomic mass is 16.5. The minimum atomic E-state index is -0.250. The molecule has 148 valence electrons. The van der Waals surface area contributed by atoms with Crippen LogP contribution in [0.5, 0.6) is 0 Å². The van der Waals surface area contributed by atoms with Crippen molar-refractivity contribution < 1.29 is 24.0 Å². The fourth-order valence-electron chi connectivity index (χ4n) is 3.08. The summed E-state index contributed by atoms with van der Waals surface area (Å²) < 4.78 is 12.8. The maximum atomic E-state index is 12.9. The Hall–Kier alpha value is -2.72. The summed E-state index contributed by atoms with van der Waals surface area (Å²) in [7, 11) is 5.85. The molecule has 0 saturated carbocycles. The van der Waals surface area contributed by atoms with Gasteiger partial charge in [-0.05, 0) is 21.0 Å². The lowest BCUT2D eigenvalue weighted by atomic mass is 10.00. The SMILES string of the molecule is Cc1cc(C(=O)N2CCO[C@@H](CN(C)C)[C@@H]2c2cnn(C)c2)no1.O=CO. The van der Waals surface area contributed by atoms with Gasteiger partial charge in [-0.1, -0.05) is 5.16 Å². The molecule has 27 heavy (non-hydrogen) atoms. The van der Waals surface area contributed by atoms with Gasteiger partial charge >= 0.3 is 0 Å². The van der Waals surface area contributed by atoms with Crippen LogP contribution in [0.15, 0.2) is 23.0 Å². The van der Waals surface area contributed by atoms with Crippen LogP contribution in [0.25, 0.3) is 0 Å². The minimum absolute atomic E-state index is 0.130. The zero-order valence-electron chi connectivity index (χ0n) is 15.9. The molecule has 1 aliphatic heterocycles. The van der Waals surface area contributed by atoms with Crippen molar-refractivity contribution in [3.05, 3.63) is 35.5 Å². The third-order valence-corrected chi connectivity index (χ3v) is 4.07. The second-order valence-electron chi connectivity index (χ2n) is 6.49. The Bertz CT molecular complexity index is 756. The van der Waals surface area contributed by atoms with Crippen molar-refractivity contribution in [3.8, 4) is 0 Å². The molecule has 1 saturated heterocycles. The minimum Gasteiger partial charge on any atom is -0.483 e. The van der Waals surface area contributed by atoms with E-state index in [9.17, 15) is 4.79 Å². The molecular formula is C17H25N5O5. The van der Waals surface area contributed by atoms with Crippen molar-refractivity contribution in [1.29, 1.82) is 0 Å². The normalized spacial score (nSPS) is 19.5. The van der Waals surface area contributed by atoms with Crippen LogP contribution >= 0.6 is 0 Å². The number of amides is 1. The molecule has 3 heterocycles. The summed E-state index contributed by atoms with van der Waals surface area (Å²) in [6.45, 7) is 3.24. The van der Waals surface area contributed by atoms with Crippen molar-refractivity contribution in [3.63, 3.8) is 0 Å². The zero-order chi connectivity index (χ0) is 20.0. The van der Waals surface area contributed by atoms with E-state index in [0.29, 0.717) is 31.2 Å². The highest BCUT2D eigenvalue weighted by molar-refractivity contribution is 5.92. The quantitative estimate of drug-likeness (QED) is 0.767. The maximum absolute atomic E-state index is 12.9. The van der Waals surface area contributed by atoms with Crippen LogP contribution in [0.2, 0.25) is 0 Å². The molecule has 0 spiro atoms. The molecule has 0 aliphatic carbocycles. The Balaban J connectivity index is 0.000000817. The van der Waals surface area contributed by atoms with Crippen LogP contribution < -0.4 is 0 Å². The van der Waals surface area contributed by atoms with Crippen molar-refractivity contribution in [2.24, 2.45) is 7.05 Å². The zero-order valence-corrected chi connectivity index (χ0v) is 15.9. The largest absolute Gasteiger partial charge is 0.483 e. The summed E-state index contributed by atoms with van der Waals surface area (Å²) in [5, 5.41) is 15.0. The number of hydrogen-bond donors (Lipinski definition) is 1. The Kier molecular flexibility index (Phi) is 7.08. The first kappa shape index (κ1) is 20.6. The predicted octanol–water partition coefficient (Wildman–Crippen LogP) is 0.561. The number of aromatic nitrogens is 3. The molecule has 3 rings (SSSR count). The van der Waals surface area contributed by atoms with Gasteiger partial charge in [0.1, 0.15) is 5.76 Å². The molecule has 2 aromatic heterocycles. The topological polar surface area (TPSA) is 114 Å². The first-order chi connectivity index (χ1) is 12.9. The summed E-state index contributed by atoms with van der Waals surface area (Å²) in [5.41, 5.74) is 1.28. The first-order valence-corrected chi connectivity index (χ1v) is 8.44. The highest BCUT2D eigenvalue weighted by Crippen LogP contribution is 2.31. The van der Waals surface area contributed by atoms with Gasteiger partial charge < -0.3 is 24.2 Å². The van der Waals surface area contributed by atoms with Gasteiger partial charge in [0.05, 0.1) is 24.9 Å². The van der Waals surface area contributed by atoms with Gasteiger partial charge in [-0.15, -0.1) is 0 Å². The molecule has 1 amide bonds. The predicted molar refractivity (Wildman–Crippen MR) is 95.2 cm³/mol. The fourth-order valence-corrected chi connectivity index (χ4v) is 3.08. The Labute approximate surface area is 157 Å². The van der Waals surface area contributed by atoms with Gasteiger partial charge in [-0.25, -0.2) is 0 Å². The number of nitrogens with zero attached hydrogens (tertiary/aromatic N) is 5. The van der Waals surface area contributed by atoms with Crippen molar-refractivity contribution in [1.82, 2.24) is 24.7 Å². The summed E-state index contributed by atoms with van der Waals surface area (Å²) in [4.78, 5) is 25.2. The van der Waals surface area contributed by atoms with Crippen LogP contribution in [0.1, 0.15) is 27.9 Å². The molecule has 10 nitrogen and oxygen atoms in total. The molecule has 1 fully saturated rings. The maximum Gasteiger partial charge on any atom is 0.290 e. The van der Waals surface area contributed by atoms with E-state index in [-0.39, 0.29) is 24.5 Å². The molecule has 0 aromatic carbocycles. The molecule has 1 N–H and O–H groups in total. The first-order valence-electron chi connectivity index (χ1n) is 8.44. The van der Waals surface area contributed by atoms with E-state index in [4.69, 9.17) is 19.2 Å². The number of rotatable bonds is 4. The van der Waals surface area contributed by atoms with E-state index in [1.165, 1.54) is 0 Å². The van der Waals surface area contributed by atoms with E-state index in [2.05, 4.69) is 15.2 Å². The van der Waals surface area contributed by atoms with Crippen molar-refractivity contribution in [2.75, 3.05) is 33.8 Å². The second kappa shape index (κ2) is 9.28. The third-order valence-electron chi connectivity index (χ3n) is 4.07. The number of aryl methyl sites for hydroxylation is 2. The number of morpholine rings is 1. The number of carbonyl (C=O) groups excluding carboxylic acids is 1. The highest BCUT2D eigenvalue weighted by Gasteiger charge is 2.38. The second-order valence-corrected chi connectivity index (χ2v) is 6.49. The molecular weight excluding hydrogens is 354 g/mol. The van der Waals surface area contributed by atoms with Crippen LogP contribution in [0, 0.1) is 6.92 Å². The van der Waals surface area contributed by atoms with E-state index in [1.54, 1.807) is 23.9 Å². The molecule has 10 heteroatoms. The van der Waals surface area contributed by atoms with E-state index in [1.807, 2.05) is 32.2 Å². The molecule has 0 unspecified atom stereocenters. The molecule has 2 atom stereocenters. The average molecular weight is 379 g/mol. The van der Waals surface area contributed by atoms with Gasteiger partial charge in [0.25, 0.3) is 12.4 Å². The standard InChI is InChI=1S/C16H23N5O3.CH2O2/c1-11-7-13(18-24-11)16(22)21-5-6-23-14(10-19(2)3)15(21)12-8-17-20(4)9-12;2-1-3/h7-9,14-15H,5-6,10H2,1-4H3;1H,(H,2,3)/t14-,15-;/m0./s1. The number of carboxylic acid groups (broad SMARTS) is 1. The van der Waals surface area contributed by atoms with Crippen LogP contribution in [0.4, 0.5) is 0 Å². The number of likely N-dealkylation sites (N-methyl/N-ethyl adjacent to an activating group) is 1. The van der Waals surface area contributed by atoms with Crippen LogP contribution in [0.3, 0.4) is 0 Å². The smallest absolute Gasteiger partial charge is 0.290 e. The van der Waals surface area contributed by atoms with Crippen LogP contribution in [-0.4, -0.2) is 82.1 Å². The Morgan fingerprint density at radius 3 is 2.70 bits per heavy atom. The number of hydrogen-bond acceptors (Lipinski definition) is 7. The summed E-state index contributed by atoms with van der Waals surface area (Å²) >= 11 is 0. The lowest BCUT2D eigenvalue weighted by Gasteiger charge is -2.41. The summed E-state index contributed by atoms with van der Waals surface area (Å²) in [5.74, 6) is 0.474. The van der Waals surface area contributed by atoms with Crippen molar-refractivity contribution >= 4 is 12.4 Å². The Morgan fingerprint density at radius 1 is 1.48 bits per heavy atom. The summed E-state index contributed by atoms with van der Waals surface area (Å²) in [6, 6.07) is 1.46. The van der Waals surface area contributed by atoms with E-state index >= 15 is 0 Å². The van der Waals surface area contributed by atoms with Crippen LogP contribution in [-0.2, 0) is 16.6 Å². The Morgan fingerprint density at radius 2 is 2.19 bits per heavy atom. The number of ether oxygens (including phenoxy) is 1. The van der Waals surface area contributed by atoms with Gasteiger partial charge in [-0.2, -0.15) is 5.10 Å². The average Bonchev–Trinajstić information content (AvgIpc) is 3.23. The van der Waals surface area contributed by atoms with Crippen molar-refractivity contribution in [2.45, 2.75) is 19.1 Å². The van der Waals surface area contributed by atoms with Gasteiger partial charge in [0.2, 0.25) is 0 Å².